The average molecular weight is 529 g/mol. The monoisotopic (exact) mass is 529 g/mol. The number of hydrogen-bond acceptors (Lipinski definition) is 6. The Kier molecular flexibility index (Phi) is 8.11. The van der Waals surface area contributed by atoms with E-state index in [1.807, 2.05) is 30.3 Å². The van der Waals surface area contributed by atoms with Gasteiger partial charge in [-0.2, -0.15) is 0 Å². The van der Waals surface area contributed by atoms with E-state index in [2.05, 4.69) is 20.4 Å². The minimum absolute atomic E-state index is 0.201. The van der Waals surface area contributed by atoms with E-state index in [0.29, 0.717) is 16.8 Å². The number of carbonyl (C=O) groups excluding carboxylic acids is 2. The zero-order valence-electron chi connectivity index (χ0n) is 16.5. The first-order valence-electron chi connectivity index (χ1n) is 9.31. The van der Waals surface area contributed by atoms with E-state index in [4.69, 9.17) is 4.74 Å². The number of carbonyl (C=O) groups is 2. The van der Waals surface area contributed by atoms with Crippen LogP contribution in [0.3, 0.4) is 0 Å². The van der Waals surface area contributed by atoms with Crippen molar-refractivity contribution in [3.63, 3.8) is 0 Å². The first-order valence-corrected chi connectivity index (χ1v) is 11.5. The van der Waals surface area contributed by atoms with E-state index >= 15 is 0 Å². The van der Waals surface area contributed by atoms with Crippen LogP contribution in [0.5, 0.6) is 5.75 Å². The van der Waals surface area contributed by atoms with Gasteiger partial charge >= 0.3 is 181 Å². The molecule has 1 aromatic heterocycles. The molecule has 2 atom stereocenters. The molecule has 0 bridgehead atoms. The van der Waals surface area contributed by atoms with Crippen molar-refractivity contribution in [3.05, 3.63) is 54.1 Å². The van der Waals surface area contributed by atoms with Gasteiger partial charge in [0.1, 0.15) is 0 Å². The van der Waals surface area contributed by atoms with Gasteiger partial charge in [-0.1, -0.05) is 0 Å². The van der Waals surface area contributed by atoms with Crippen molar-refractivity contribution >= 4 is 55.4 Å². The topological polar surface area (TPSA) is 89.6 Å². The zero-order chi connectivity index (χ0) is 23.1. The molecule has 0 fully saturated rings. The standard InChI is InChI=1S/C20H19AsF3N3O4S/c21-14(11-30-10-12-4-2-1-3-5-12)18(29)25-9-17(28)27-19-26-15-7-6-13(8-16(15)32-19)31-20(22,23)24/h1-8,14H,9-11,21H2,(H,25,29)(H,26,27,28)/t14-/m0/s1. The van der Waals surface area contributed by atoms with Gasteiger partial charge in [0.2, 0.25) is 0 Å². The minimum atomic E-state index is -4.79. The molecule has 0 radical (unpaired) electrons. The number of alkyl halides is 3. The van der Waals surface area contributed by atoms with Crippen molar-refractivity contribution in [2.45, 2.75) is 17.7 Å². The third kappa shape index (κ3) is 7.51. The third-order valence-corrected chi connectivity index (χ3v) is 5.98. The average Bonchev–Trinajstić information content (AvgIpc) is 3.12. The number of nitrogens with one attached hydrogen (secondary N) is 2. The Morgan fingerprint density at radius 1 is 1.16 bits per heavy atom. The number of benzene rings is 2. The summed E-state index contributed by atoms with van der Waals surface area (Å²) in [7, 11) is 0. The van der Waals surface area contributed by atoms with Crippen LogP contribution < -0.4 is 15.4 Å². The Morgan fingerprint density at radius 2 is 1.91 bits per heavy atom. The van der Waals surface area contributed by atoms with Crippen LogP contribution in [0.25, 0.3) is 10.2 Å². The van der Waals surface area contributed by atoms with Gasteiger partial charge in [0, 0.05) is 0 Å². The molecule has 7 nitrogen and oxygen atoms in total. The molecular weight excluding hydrogens is 510 g/mol. The summed E-state index contributed by atoms with van der Waals surface area (Å²) >= 11 is 2.17. The molecular formula is C20H19AsF3N3O4S. The van der Waals surface area contributed by atoms with Crippen LogP contribution in [0.15, 0.2) is 48.5 Å². The van der Waals surface area contributed by atoms with Crippen LogP contribution in [0.4, 0.5) is 18.3 Å². The second-order valence-electron chi connectivity index (χ2n) is 6.57. The van der Waals surface area contributed by atoms with E-state index < -0.39 is 17.0 Å². The van der Waals surface area contributed by atoms with Crippen LogP contribution in [0.2, 0.25) is 4.71 Å². The summed E-state index contributed by atoms with van der Waals surface area (Å²) in [6.07, 6.45) is -4.79. The van der Waals surface area contributed by atoms with Crippen molar-refractivity contribution in [2.75, 3.05) is 18.5 Å². The normalized spacial score (nSPS) is 12.4. The van der Waals surface area contributed by atoms with E-state index in [0.717, 1.165) is 23.0 Å². The van der Waals surface area contributed by atoms with Crippen molar-refractivity contribution in [2.24, 2.45) is 0 Å². The number of rotatable bonds is 9. The Hall–Kier alpha value is -2.62. The Balaban J connectivity index is 1.44. The second-order valence-corrected chi connectivity index (χ2v) is 9.29. The fraction of sp³-hybridized carbons (Fsp3) is 0.250. The molecule has 170 valence electrons. The van der Waals surface area contributed by atoms with Gasteiger partial charge in [-0.05, 0) is 0 Å². The fourth-order valence-corrected chi connectivity index (χ4v) is 4.01. The van der Waals surface area contributed by atoms with Gasteiger partial charge in [-0.25, -0.2) is 0 Å². The number of thiazole rings is 1. The predicted molar refractivity (Wildman–Crippen MR) is 116 cm³/mol. The number of ether oxygens (including phenoxy) is 2. The van der Waals surface area contributed by atoms with Gasteiger partial charge in [-0.15, -0.1) is 13.2 Å². The van der Waals surface area contributed by atoms with Crippen molar-refractivity contribution in [3.8, 4) is 5.75 Å². The summed E-state index contributed by atoms with van der Waals surface area (Å²) in [5.41, 5.74) is 1.41. The maximum atomic E-state index is 12.3. The first-order chi connectivity index (χ1) is 15.2. The van der Waals surface area contributed by atoms with Crippen molar-refractivity contribution in [1.82, 2.24) is 10.3 Å². The number of halogens is 3. The molecule has 32 heavy (non-hydrogen) atoms. The van der Waals surface area contributed by atoms with Crippen LogP contribution in [-0.2, 0) is 20.9 Å². The van der Waals surface area contributed by atoms with Crippen LogP contribution in [0.1, 0.15) is 5.56 Å². The molecule has 2 aromatic carbocycles. The number of nitrogens with zero attached hydrogens (tertiary/aromatic N) is 1. The van der Waals surface area contributed by atoms with Crippen molar-refractivity contribution in [1.29, 1.82) is 0 Å². The Morgan fingerprint density at radius 3 is 2.62 bits per heavy atom. The maximum absolute atomic E-state index is 12.3. The number of hydrogen-bond donors (Lipinski definition) is 2. The number of amides is 2. The molecule has 2 N–H and O–H groups in total. The molecule has 0 aliphatic heterocycles. The number of fused-ring (bicyclic) bond motifs is 1. The molecule has 0 saturated carbocycles. The summed E-state index contributed by atoms with van der Waals surface area (Å²) in [6, 6.07) is 13.3. The van der Waals surface area contributed by atoms with Crippen molar-refractivity contribution < 1.29 is 32.2 Å². The first kappa shape index (κ1) is 24.0. The van der Waals surface area contributed by atoms with Gasteiger partial charge in [0.25, 0.3) is 0 Å². The Bertz CT molecular complexity index is 1080. The SMILES string of the molecule is O=C(CNC(=O)[C@@H]([AsH2])COCc1ccccc1)Nc1nc2ccc(OC(F)(F)F)cc2s1. The van der Waals surface area contributed by atoms with Gasteiger partial charge in [-0.3, -0.25) is 0 Å². The Labute approximate surface area is 193 Å². The molecule has 1 unspecified atom stereocenters. The molecule has 1 heterocycles. The fourth-order valence-electron chi connectivity index (χ4n) is 2.57. The molecule has 2 amide bonds. The quantitative estimate of drug-likeness (QED) is 0.417. The summed E-state index contributed by atoms with van der Waals surface area (Å²) < 4.78 is 46.5. The van der Waals surface area contributed by atoms with E-state index in [1.165, 1.54) is 29.0 Å². The zero-order valence-corrected chi connectivity index (χ0v) is 19.8. The molecule has 3 aromatic rings. The van der Waals surface area contributed by atoms with E-state index in [9.17, 15) is 22.8 Å². The van der Waals surface area contributed by atoms with Gasteiger partial charge in [0.05, 0.1) is 0 Å². The van der Waals surface area contributed by atoms with E-state index in [-0.39, 0.29) is 29.9 Å². The number of anilines is 1. The molecule has 3 rings (SSSR count). The van der Waals surface area contributed by atoms with E-state index in [1.54, 1.807) is 0 Å². The summed E-state index contributed by atoms with van der Waals surface area (Å²) in [6.45, 7) is 0.348. The number of aromatic nitrogens is 1. The third-order valence-electron chi connectivity index (χ3n) is 4.01. The van der Waals surface area contributed by atoms with Gasteiger partial charge in [0.15, 0.2) is 0 Å². The summed E-state index contributed by atoms with van der Waals surface area (Å²) in [5.74, 6) is -1.19. The van der Waals surface area contributed by atoms with Crippen LogP contribution in [0, 0.1) is 0 Å². The summed E-state index contributed by atoms with van der Waals surface area (Å²) in [5, 5.41) is 5.26. The molecule has 0 aliphatic carbocycles. The summed E-state index contributed by atoms with van der Waals surface area (Å²) in [4.78, 5) is 28.4. The molecule has 12 heteroatoms. The molecule has 0 saturated heterocycles. The predicted octanol–water partition coefficient (Wildman–Crippen LogP) is 2.89. The van der Waals surface area contributed by atoms with Gasteiger partial charge < -0.3 is 0 Å². The second kappa shape index (κ2) is 10.8. The van der Waals surface area contributed by atoms with Crippen LogP contribution >= 0.6 is 11.3 Å². The molecule has 0 spiro atoms. The van der Waals surface area contributed by atoms with Crippen LogP contribution in [-0.4, -0.2) is 53.2 Å². The molecule has 0 aliphatic rings.